The number of hydrogen-bond donors (Lipinski definition) is 1. The molecule has 0 fully saturated rings. The van der Waals surface area contributed by atoms with E-state index in [9.17, 15) is 0 Å². The maximum atomic E-state index is 4.47. The summed E-state index contributed by atoms with van der Waals surface area (Å²) in [5.74, 6) is 1.14. The Balaban J connectivity index is 2.25. The quantitative estimate of drug-likeness (QED) is 0.784. The zero-order valence-corrected chi connectivity index (χ0v) is 13.5. The van der Waals surface area contributed by atoms with Gasteiger partial charge in [0.25, 0.3) is 0 Å². The van der Waals surface area contributed by atoms with Crippen molar-refractivity contribution in [3.63, 3.8) is 0 Å². The fourth-order valence-corrected chi connectivity index (χ4v) is 2.69. The Morgan fingerprint density at radius 3 is 2.76 bits per heavy atom. The van der Waals surface area contributed by atoms with E-state index in [1.807, 2.05) is 6.20 Å². The van der Waals surface area contributed by atoms with E-state index in [2.05, 4.69) is 66.1 Å². The molecule has 114 valence electrons. The third-order valence-corrected chi connectivity index (χ3v) is 3.79. The fourth-order valence-electron chi connectivity index (χ4n) is 2.69. The van der Waals surface area contributed by atoms with Crippen LogP contribution in [-0.2, 0) is 6.42 Å². The Morgan fingerprint density at radius 1 is 1.19 bits per heavy atom. The standard InChI is InChI=1S/C18H27N3/c1-4-8-18-20-12-13-21(18)16-10-7-9-15(14-16)17(6-3)19-11-5-2/h7,9-10,12-14,17,19H,4-6,8,11H2,1-3H3. The van der Waals surface area contributed by atoms with E-state index < -0.39 is 0 Å². The van der Waals surface area contributed by atoms with Gasteiger partial charge < -0.3 is 9.88 Å². The summed E-state index contributed by atoms with van der Waals surface area (Å²) in [5.41, 5.74) is 2.57. The van der Waals surface area contributed by atoms with Crippen molar-refractivity contribution in [3.05, 3.63) is 48.0 Å². The molecule has 1 aromatic carbocycles. The van der Waals surface area contributed by atoms with Crippen molar-refractivity contribution >= 4 is 0 Å². The third kappa shape index (κ3) is 3.94. The second-order valence-electron chi connectivity index (χ2n) is 5.47. The van der Waals surface area contributed by atoms with E-state index in [4.69, 9.17) is 0 Å². The molecule has 1 unspecified atom stereocenters. The molecule has 1 heterocycles. The second-order valence-corrected chi connectivity index (χ2v) is 5.47. The van der Waals surface area contributed by atoms with E-state index in [0.717, 1.165) is 31.6 Å². The van der Waals surface area contributed by atoms with Crippen LogP contribution < -0.4 is 5.32 Å². The zero-order chi connectivity index (χ0) is 15.1. The molecular formula is C18H27N3. The molecule has 3 heteroatoms. The molecule has 0 saturated heterocycles. The van der Waals surface area contributed by atoms with Crippen LogP contribution in [0.1, 0.15) is 57.5 Å². The lowest BCUT2D eigenvalue weighted by Gasteiger charge is -2.18. The number of hydrogen-bond acceptors (Lipinski definition) is 2. The van der Waals surface area contributed by atoms with Crippen molar-refractivity contribution in [1.82, 2.24) is 14.9 Å². The topological polar surface area (TPSA) is 29.9 Å². The van der Waals surface area contributed by atoms with Crippen LogP contribution in [0.4, 0.5) is 0 Å². The van der Waals surface area contributed by atoms with Gasteiger partial charge in [-0.15, -0.1) is 0 Å². The Morgan fingerprint density at radius 2 is 2.05 bits per heavy atom. The van der Waals surface area contributed by atoms with Gasteiger partial charge in [0.2, 0.25) is 0 Å². The molecule has 1 N–H and O–H groups in total. The predicted octanol–water partition coefficient (Wildman–Crippen LogP) is 4.28. The van der Waals surface area contributed by atoms with Gasteiger partial charge in [0.1, 0.15) is 5.82 Å². The molecule has 1 aromatic heterocycles. The van der Waals surface area contributed by atoms with Crippen molar-refractivity contribution in [2.24, 2.45) is 0 Å². The summed E-state index contributed by atoms with van der Waals surface area (Å²) in [5, 5.41) is 3.62. The largest absolute Gasteiger partial charge is 0.310 e. The summed E-state index contributed by atoms with van der Waals surface area (Å²) in [6.07, 6.45) is 8.36. The van der Waals surface area contributed by atoms with E-state index in [-0.39, 0.29) is 0 Å². The lowest BCUT2D eigenvalue weighted by Crippen LogP contribution is -2.21. The van der Waals surface area contributed by atoms with Crippen LogP contribution in [0.25, 0.3) is 5.69 Å². The molecule has 21 heavy (non-hydrogen) atoms. The highest BCUT2D eigenvalue weighted by atomic mass is 15.1. The zero-order valence-electron chi connectivity index (χ0n) is 13.5. The van der Waals surface area contributed by atoms with E-state index in [1.165, 1.54) is 17.7 Å². The number of benzene rings is 1. The monoisotopic (exact) mass is 285 g/mol. The van der Waals surface area contributed by atoms with Crippen molar-refractivity contribution in [2.45, 2.75) is 52.5 Å². The normalized spacial score (nSPS) is 12.5. The Bertz CT molecular complexity index is 545. The van der Waals surface area contributed by atoms with Gasteiger partial charge in [0.15, 0.2) is 0 Å². The first kappa shape index (κ1) is 15.8. The summed E-state index contributed by atoms with van der Waals surface area (Å²) in [4.78, 5) is 4.47. The van der Waals surface area contributed by atoms with Gasteiger partial charge in [-0.3, -0.25) is 0 Å². The summed E-state index contributed by atoms with van der Waals surface area (Å²) in [6, 6.07) is 9.25. The summed E-state index contributed by atoms with van der Waals surface area (Å²) < 4.78 is 2.21. The summed E-state index contributed by atoms with van der Waals surface area (Å²) in [6.45, 7) is 7.70. The molecule has 0 aliphatic rings. The fraction of sp³-hybridized carbons (Fsp3) is 0.500. The lowest BCUT2D eigenvalue weighted by atomic mass is 10.0. The lowest BCUT2D eigenvalue weighted by molar-refractivity contribution is 0.518. The van der Waals surface area contributed by atoms with Crippen LogP contribution in [0.5, 0.6) is 0 Å². The summed E-state index contributed by atoms with van der Waals surface area (Å²) >= 11 is 0. The van der Waals surface area contributed by atoms with Crippen LogP contribution in [0.3, 0.4) is 0 Å². The molecule has 0 bridgehead atoms. The maximum absolute atomic E-state index is 4.47. The van der Waals surface area contributed by atoms with Crippen LogP contribution >= 0.6 is 0 Å². The third-order valence-electron chi connectivity index (χ3n) is 3.79. The minimum Gasteiger partial charge on any atom is -0.310 e. The number of rotatable bonds is 8. The van der Waals surface area contributed by atoms with Gasteiger partial charge in [-0.2, -0.15) is 0 Å². The number of nitrogens with one attached hydrogen (secondary N) is 1. The molecule has 0 aliphatic heterocycles. The first-order valence-electron chi connectivity index (χ1n) is 8.16. The van der Waals surface area contributed by atoms with Crippen LogP contribution in [0.2, 0.25) is 0 Å². The molecule has 0 amide bonds. The molecule has 0 spiro atoms. The van der Waals surface area contributed by atoms with Gasteiger partial charge in [-0.1, -0.05) is 32.9 Å². The van der Waals surface area contributed by atoms with Gasteiger partial charge in [-0.05, 0) is 43.5 Å². The van der Waals surface area contributed by atoms with E-state index in [0.29, 0.717) is 6.04 Å². The highest BCUT2D eigenvalue weighted by molar-refractivity contribution is 5.38. The molecule has 0 radical (unpaired) electrons. The number of nitrogens with zero attached hydrogens (tertiary/aromatic N) is 2. The Kier molecular flexibility index (Phi) is 6.00. The first-order chi connectivity index (χ1) is 10.3. The van der Waals surface area contributed by atoms with Crippen LogP contribution in [-0.4, -0.2) is 16.1 Å². The molecule has 1 atom stereocenters. The highest BCUT2D eigenvalue weighted by Crippen LogP contribution is 2.21. The minimum atomic E-state index is 0.433. The molecule has 3 nitrogen and oxygen atoms in total. The molecule has 0 saturated carbocycles. The van der Waals surface area contributed by atoms with Gasteiger partial charge in [0, 0.05) is 30.5 Å². The average Bonchev–Trinajstić information content (AvgIpc) is 2.97. The smallest absolute Gasteiger partial charge is 0.113 e. The van der Waals surface area contributed by atoms with Crippen molar-refractivity contribution in [1.29, 1.82) is 0 Å². The second kappa shape index (κ2) is 7.99. The van der Waals surface area contributed by atoms with Crippen molar-refractivity contribution < 1.29 is 0 Å². The summed E-state index contributed by atoms with van der Waals surface area (Å²) in [7, 11) is 0. The molecule has 2 rings (SSSR count). The van der Waals surface area contributed by atoms with Gasteiger partial charge in [0.05, 0.1) is 0 Å². The minimum absolute atomic E-state index is 0.433. The molecular weight excluding hydrogens is 258 g/mol. The van der Waals surface area contributed by atoms with Crippen LogP contribution in [0.15, 0.2) is 36.7 Å². The first-order valence-corrected chi connectivity index (χ1v) is 8.16. The average molecular weight is 285 g/mol. The maximum Gasteiger partial charge on any atom is 0.113 e. The number of aryl methyl sites for hydroxylation is 1. The van der Waals surface area contributed by atoms with E-state index in [1.54, 1.807) is 0 Å². The van der Waals surface area contributed by atoms with Crippen molar-refractivity contribution in [3.8, 4) is 5.69 Å². The predicted molar refractivity (Wildman–Crippen MR) is 88.9 cm³/mol. The highest BCUT2D eigenvalue weighted by Gasteiger charge is 2.10. The van der Waals surface area contributed by atoms with Crippen molar-refractivity contribution in [2.75, 3.05) is 6.54 Å². The SMILES string of the molecule is CCCNC(CC)c1cccc(-n2ccnc2CCC)c1. The van der Waals surface area contributed by atoms with E-state index >= 15 is 0 Å². The molecule has 2 aromatic rings. The van der Waals surface area contributed by atoms with Gasteiger partial charge >= 0.3 is 0 Å². The van der Waals surface area contributed by atoms with Crippen LogP contribution in [0, 0.1) is 0 Å². The Hall–Kier alpha value is -1.61. The molecule has 0 aliphatic carbocycles. The Labute approximate surface area is 128 Å². The number of aromatic nitrogens is 2. The van der Waals surface area contributed by atoms with Gasteiger partial charge in [-0.25, -0.2) is 4.98 Å². The number of imidazole rings is 1.